The van der Waals surface area contributed by atoms with Crippen molar-refractivity contribution in [3.05, 3.63) is 12.7 Å². The monoisotopic (exact) mass is 290 g/mol. The Morgan fingerprint density at radius 1 is 1.24 bits per heavy atom. The van der Waals surface area contributed by atoms with Crippen LogP contribution in [0.15, 0.2) is 12.7 Å². The lowest BCUT2D eigenvalue weighted by molar-refractivity contribution is 0.0406. The SMILES string of the molecule is COC1CCN(CCCn2cnc3c(N)ncnc32)CC1. The molecule has 0 atom stereocenters. The summed E-state index contributed by atoms with van der Waals surface area (Å²) in [7, 11) is 1.80. The van der Waals surface area contributed by atoms with E-state index in [2.05, 4.69) is 24.4 Å². The second-order valence-corrected chi connectivity index (χ2v) is 5.50. The van der Waals surface area contributed by atoms with Gasteiger partial charge in [-0.25, -0.2) is 15.0 Å². The van der Waals surface area contributed by atoms with Gasteiger partial charge in [-0.05, 0) is 25.8 Å². The highest BCUT2D eigenvalue weighted by Gasteiger charge is 2.18. The quantitative estimate of drug-likeness (QED) is 0.881. The number of nitrogens with zero attached hydrogens (tertiary/aromatic N) is 5. The molecule has 3 rings (SSSR count). The van der Waals surface area contributed by atoms with Gasteiger partial charge in [0.2, 0.25) is 0 Å². The zero-order valence-corrected chi connectivity index (χ0v) is 12.4. The molecule has 7 heteroatoms. The minimum Gasteiger partial charge on any atom is -0.382 e. The van der Waals surface area contributed by atoms with Crippen molar-refractivity contribution in [2.45, 2.75) is 31.9 Å². The van der Waals surface area contributed by atoms with Gasteiger partial charge in [-0.2, -0.15) is 0 Å². The smallest absolute Gasteiger partial charge is 0.165 e. The summed E-state index contributed by atoms with van der Waals surface area (Å²) in [5.41, 5.74) is 7.31. The fourth-order valence-electron chi connectivity index (χ4n) is 2.90. The molecule has 0 aliphatic carbocycles. The van der Waals surface area contributed by atoms with Crippen LogP contribution in [0.3, 0.4) is 0 Å². The third-order valence-electron chi connectivity index (χ3n) is 4.17. The molecule has 0 saturated carbocycles. The standard InChI is InChI=1S/C14H22N6O/c1-21-11-3-7-19(8-4-11)5-2-6-20-10-18-12-13(15)16-9-17-14(12)20/h9-11H,2-8H2,1H3,(H2,15,16,17). The summed E-state index contributed by atoms with van der Waals surface area (Å²) in [6.07, 6.45) is 7.08. The summed E-state index contributed by atoms with van der Waals surface area (Å²) in [5, 5.41) is 0. The van der Waals surface area contributed by atoms with Crippen molar-refractivity contribution in [3.8, 4) is 0 Å². The fourth-order valence-corrected chi connectivity index (χ4v) is 2.90. The molecule has 0 aromatic carbocycles. The van der Waals surface area contributed by atoms with Gasteiger partial charge >= 0.3 is 0 Å². The molecule has 0 spiro atoms. The maximum absolute atomic E-state index is 5.79. The fraction of sp³-hybridized carbons (Fsp3) is 0.643. The summed E-state index contributed by atoms with van der Waals surface area (Å²) in [4.78, 5) is 15.0. The number of nitrogen functional groups attached to an aromatic ring is 1. The van der Waals surface area contributed by atoms with E-state index in [0.29, 0.717) is 17.4 Å². The summed E-state index contributed by atoms with van der Waals surface area (Å²) >= 11 is 0. The Morgan fingerprint density at radius 2 is 2.05 bits per heavy atom. The van der Waals surface area contributed by atoms with E-state index < -0.39 is 0 Å². The normalized spacial score (nSPS) is 17.6. The second kappa shape index (κ2) is 6.36. The van der Waals surface area contributed by atoms with Crippen LogP contribution in [0.4, 0.5) is 5.82 Å². The van der Waals surface area contributed by atoms with E-state index in [1.165, 1.54) is 6.33 Å². The lowest BCUT2D eigenvalue weighted by Crippen LogP contribution is -2.37. The Labute approximate surface area is 124 Å². The van der Waals surface area contributed by atoms with Crippen LogP contribution in [-0.4, -0.2) is 57.3 Å². The predicted octanol–water partition coefficient (Wildman–Crippen LogP) is 0.909. The number of piperidine rings is 1. The van der Waals surface area contributed by atoms with E-state index in [1.807, 2.05) is 0 Å². The lowest BCUT2D eigenvalue weighted by atomic mass is 10.1. The van der Waals surface area contributed by atoms with Crippen molar-refractivity contribution < 1.29 is 4.74 Å². The highest BCUT2D eigenvalue weighted by Crippen LogP contribution is 2.16. The topological polar surface area (TPSA) is 82.1 Å². The largest absolute Gasteiger partial charge is 0.382 e. The third-order valence-corrected chi connectivity index (χ3v) is 4.17. The van der Waals surface area contributed by atoms with Crippen LogP contribution in [0, 0.1) is 0 Å². The molecule has 114 valence electrons. The van der Waals surface area contributed by atoms with Crippen molar-refractivity contribution in [2.75, 3.05) is 32.5 Å². The average Bonchev–Trinajstić information content (AvgIpc) is 2.93. The van der Waals surface area contributed by atoms with Crippen LogP contribution in [0.2, 0.25) is 0 Å². The van der Waals surface area contributed by atoms with E-state index >= 15 is 0 Å². The Balaban J connectivity index is 1.52. The number of hydrogen-bond donors (Lipinski definition) is 1. The minimum atomic E-state index is 0.443. The van der Waals surface area contributed by atoms with Crippen LogP contribution < -0.4 is 5.73 Å². The second-order valence-electron chi connectivity index (χ2n) is 5.50. The number of likely N-dealkylation sites (tertiary alicyclic amines) is 1. The van der Waals surface area contributed by atoms with Crippen molar-refractivity contribution in [2.24, 2.45) is 0 Å². The molecular weight excluding hydrogens is 268 g/mol. The first kappa shape index (κ1) is 14.2. The van der Waals surface area contributed by atoms with Crippen molar-refractivity contribution in [1.29, 1.82) is 0 Å². The molecule has 21 heavy (non-hydrogen) atoms. The molecule has 1 saturated heterocycles. The number of imidazole rings is 1. The van der Waals surface area contributed by atoms with Crippen LogP contribution >= 0.6 is 0 Å². The first-order valence-electron chi connectivity index (χ1n) is 7.44. The van der Waals surface area contributed by atoms with Crippen molar-refractivity contribution in [1.82, 2.24) is 24.4 Å². The summed E-state index contributed by atoms with van der Waals surface area (Å²) < 4.78 is 7.45. The van der Waals surface area contributed by atoms with Gasteiger partial charge in [0.25, 0.3) is 0 Å². The maximum atomic E-state index is 5.79. The zero-order chi connectivity index (χ0) is 14.7. The summed E-state index contributed by atoms with van der Waals surface area (Å²) in [6, 6.07) is 0. The molecule has 0 unspecified atom stereocenters. The van der Waals surface area contributed by atoms with E-state index in [9.17, 15) is 0 Å². The van der Waals surface area contributed by atoms with Crippen molar-refractivity contribution in [3.63, 3.8) is 0 Å². The number of nitrogens with two attached hydrogens (primary N) is 1. The van der Waals surface area contributed by atoms with Gasteiger partial charge in [-0.3, -0.25) is 0 Å². The number of methoxy groups -OCH3 is 1. The van der Waals surface area contributed by atoms with Crippen LogP contribution in [0.1, 0.15) is 19.3 Å². The van der Waals surface area contributed by atoms with Gasteiger partial charge in [0, 0.05) is 26.7 Å². The van der Waals surface area contributed by atoms with E-state index in [1.54, 1.807) is 13.4 Å². The van der Waals surface area contributed by atoms with E-state index in [4.69, 9.17) is 10.5 Å². The minimum absolute atomic E-state index is 0.443. The van der Waals surface area contributed by atoms with Crippen LogP contribution in [0.25, 0.3) is 11.2 Å². The summed E-state index contributed by atoms with van der Waals surface area (Å²) in [5.74, 6) is 0.445. The molecule has 7 nitrogen and oxygen atoms in total. The summed E-state index contributed by atoms with van der Waals surface area (Å²) in [6.45, 7) is 4.24. The Hall–Kier alpha value is -1.73. The maximum Gasteiger partial charge on any atom is 0.165 e. The number of fused-ring (bicyclic) bond motifs is 1. The molecule has 3 heterocycles. The molecule has 0 radical (unpaired) electrons. The van der Waals surface area contributed by atoms with Gasteiger partial charge < -0.3 is 19.9 Å². The predicted molar refractivity (Wildman–Crippen MR) is 80.8 cm³/mol. The number of rotatable bonds is 5. The van der Waals surface area contributed by atoms with Crippen LogP contribution in [0.5, 0.6) is 0 Å². The Bertz CT molecular complexity index is 590. The Morgan fingerprint density at radius 3 is 2.81 bits per heavy atom. The van der Waals surface area contributed by atoms with E-state index in [0.717, 1.165) is 51.1 Å². The number of aromatic nitrogens is 4. The highest BCUT2D eigenvalue weighted by atomic mass is 16.5. The van der Waals surface area contributed by atoms with Gasteiger partial charge in [0.15, 0.2) is 11.5 Å². The van der Waals surface area contributed by atoms with Crippen LogP contribution in [-0.2, 0) is 11.3 Å². The molecule has 1 aliphatic rings. The Kier molecular flexibility index (Phi) is 4.31. The lowest BCUT2D eigenvalue weighted by Gasteiger charge is -2.31. The molecule has 2 aromatic rings. The first-order chi connectivity index (χ1) is 10.3. The van der Waals surface area contributed by atoms with Gasteiger partial charge in [-0.15, -0.1) is 0 Å². The number of aryl methyl sites for hydroxylation is 1. The third kappa shape index (κ3) is 3.14. The molecule has 1 fully saturated rings. The average molecular weight is 290 g/mol. The van der Waals surface area contributed by atoms with Gasteiger partial charge in [0.1, 0.15) is 11.8 Å². The van der Waals surface area contributed by atoms with E-state index in [-0.39, 0.29) is 0 Å². The number of anilines is 1. The van der Waals surface area contributed by atoms with Gasteiger partial charge in [0.05, 0.1) is 12.4 Å². The molecule has 1 aliphatic heterocycles. The van der Waals surface area contributed by atoms with Gasteiger partial charge in [-0.1, -0.05) is 0 Å². The molecule has 2 N–H and O–H groups in total. The molecule has 0 bridgehead atoms. The molecule has 2 aromatic heterocycles. The molecule has 0 amide bonds. The number of ether oxygens (including phenoxy) is 1. The molecular formula is C14H22N6O. The zero-order valence-electron chi connectivity index (χ0n) is 12.4. The highest BCUT2D eigenvalue weighted by molar-refractivity contribution is 5.80. The van der Waals surface area contributed by atoms with Crippen molar-refractivity contribution >= 4 is 17.0 Å². The first-order valence-corrected chi connectivity index (χ1v) is 7.44. The number of hydrogen-bond acceptors (Lipinski definition) is 6.